The van der Waals surface area contributed by atoms with Crippen molar-refractivity contribution in [2.75, 3.05) is 18.9 Å². The van der Waals surface area contributed by atoms with Crippen molar-refractivity contribution in [3.63, 3.8) is 0 Å². The molecule has 164 valence electrons. The maximum Gasteiger partial charge on any atom is 0.261 e. The van der Waals surface area contributed by atoms with Gasteiger partial charge in [0.15, 0.2) is 0 Å². The molecule has 8 heteroatoms. The number of anilines is 1. The van der Waals surface area contributed by atoms with E-state index in [0.29, 0.717) is 16.9 Å². The van der Waals surface area contributed by atoms with Crippen molar-refractivity contribution in [2.24, 2.45) is 0 Å². The highest BCUT2D eigenvalue weighted by Gasteiger charge is 2.24. The topological polar surface area (TPSA) is 105 Å². The molecule has 0 fully saturated rings. The number of hydrogen-bond acceptors (Lipinski definition) is 6. The van der Waals surface area contributed by atoms with Gasteiger partial charge in [-0.3, -0.25) is 4.72 Å². The molecular weight excluding hydrogens is 418 g/mol. The number of ether oxygens (including phenoxy) is 2. The summed E-state index contributed by atoms with van der Waals surface area (Å²) in [4.78, 5) is 0.120. The third-order valence-corrected chi connectivity index (χ3v) is 6.47. The Balaban J connectivity index is 2.19. The summed E-state index contributed by atoms with van der Waals surface area (Å²) in [6, 6.07) is 11.0. The van der Waals surface area contributed by atoms with Gasteiger partial charge in [-0.05, 0) is 50.1 Å². The van der Waals surface area contributed by atoms with Crippen LogP contribution in [-0.4, -0.2) is 32.9 Å². The number of aromatic hydroxyl groups is 2. The summed E-state index contributed by atoms with van der Waals surface area (Å²) in [7, 11) is -0.972. The van der Waals surface area contributed by atoms with Crippen LogP contribution in [0.4, 0.5) is 5.69 Å². The number of nitrogens with one attached hydrogen (secondary N) is 1. The molecule has 0 aromatic heterocycles. The van der Waals surface area contributed by atoms with Crippen molar-refractivity contribution in [3.05, 3.63) is 59.2 Å². The molecule has 3 rings (SSSR count). The van der Waals surface area contributed by atoms with Crippen LogP contribution in [0.5, 0.6) is 23.0 Å². The molecule has 31 heavy (non-hydrogen) atoms. The lowest BCUT2D eigenvalue weighted by Crippen LogP contribution is -2.14. The molecule has 0 atom stereocenters. The highest BCUT2D eigenvalue weighted by molar-refractivity contribution is 7.92. The van der Waals surface area contributed by atoms with Crippen LogP contribution in [0.2, 0.25) is 0 Å². The second kappa shape index (κ2) is 8.39. The lowest BCUT2D eigenvalue weighted by molar-refractivity contribution is 0.386. The normalized spacial score (nSPS) is 11.3. The highest BCUT2D eigenvalue weighted by atomic mass is 32.2. The molecule has 0 radical (unpaired) electrons. The number of phenolic OH excluding ortho intramolecular Hbond substituents is 2. The number of methoxy groups -OCH3 is 2. The molecule has 0 amide bonds. The van der Waals surface area contributed by atoms with Gasteiger partial charge < -0.3 is 19.7 Å². The molecule has 3 N–H and O–H groups in total. The molecule has 0 unspecified atom stereocenters. The SMILES string of the molecule is COc1cc(O)c(-c2c(C)c(NS(=O)(=O)c3ccc(C)cc3)cc(C)c2O)c(OC)c1. The number of rotatable bonds is 6. The first-order valence-electron chi connectivity index (χ1n) is 9.47. The van der Waals surface area contributed by atoms with E-state index in [4.69, 9.17) is 9.47 Å². The second-order valence-electron chi connectivity index (χ2n) is 7.23. The van der Waals surface area contributed by atoms with Gasteiger partial charge in [0.2, 0.25) is 0 Å². The van der Waals surface area contributed by atoms with Gasteiger partial charge >= 0.3 is 0 Å². The minimum absolute atomic E-state index is 0.0884. The van der Waals surface area contributed by atoms with Crippen molar-refractivity contribution in [1.29, 1.82) is 0 Å². The average Bonchev–Trinajstić information content (AvgIpc) is 2.73. The Hall–Kier alpha value is -3.39. The Morgan fingerprint density at radius 3 is 2.10 bits per heavy atom. The predicted octanol–water partition coefficient (Wildman–Crippen LogP) is 4.51. The van der Waals surface area contributed by atoms with Crippen molar-refractivity contribution < 1.29 is 28.1 Å². The minimum Gasteiger partial charge on any atom is -0.507 e. The molecule has 3 aromatic carbocycles. The largest absolute Gasteiger partial charge is 0.507 e. The molecule has 0 heterocycles. The molecule has 0 saturated heterocycles. The van der Waals surface area contributed by atoms with E-state index in [-0.39, 0.29) is 39.0 Å². The van der Waals surface area contributed by atoms with Gasteiger partial charge in [0.25, 0.3) is 10.0 Å². The van der Waals surface area contributed by atoms with E-state index in [0.717, 1.165) is 5.56 Å². The summed E-state index contributed by atoms with van der Waals surface area (Å²) >= 11 is 0. The standard InChI is InChI=1S/C23H25NO6S/c1-13-6-8-17(9-7-13)31(27,28)24-18-10-14(2)23(26)21(15(18)3)22-19(25)11-16(29-4)12-20(22)30-5/h6-12,24-26H,1-5H3. The van der Waals surface area contributed by atoms with Crippen LogP contribution in [0, 0.1) is 20.8 Å². The first kappa shape index (κ1) is 22.3. The van der Waals surface area contributed by atoms with Crippen LogP contribution in [-0.2, 0) is 10.0 Å². The molecule has 0 aliphatic carbocycles. The number of benzene rings is 3. The van der Waals surface area contributed by atoms with E-state index in [1.165, 1.54) is 32.4 Å². The van der Waals surface area contributed by atoms with E-state index in [1.54, 1.807) is 38.1 Å². The second-order valence-corrected chi connectivity index (χ2v) is 8.91. The Labute approximate surface area is 181 Å². The summed E-state index contributed by atoms with van der Waals surface area (Å²) in [5, 5.41) is 21.4. The Morgan fingerprint density at radius 1 is 0.871 bits per heavy atom. The first-order valence-corrected chi connectivity index (χ1v) is 11.0. The number of phenols is 2. The van der Waals surface area contributed by atoms with Crippen molar-refractivity contribution in [1.82, 2.24) is 0 Å². The van der Waals surface area contributed by atoms with Gasteiger partial charge in [0.1, 0.15) is 23.0 Å². The predicted molar refractivity (Wildman–Crippen MR) is 120 cm³/mol. The van der Waals surface area contributed by atoms with E-state index in [9.17, 15) is 18.6 Å². The smallest absolute Gasteiger partial charge is 0.261 e. The monoisotopic (exact) mass is 443 g/mol. The zero-order valence-corrected chi connectivity index (χ0v) is 18.8. The summed E-state index contributed by atoms with van der Waals surface area (Å²) < 4.78 is 39.0. The van der Waals surface area contributed by atoms with E-state index in [2.05, 4.69) is 4.72 Å². The quantitative estimate of drug-likeness (QED) is 0.484. The maximum atomic E-state index is 12.9. The molecule has 0 saturated carbocycles. The molecule has 7 nitrogen and oxygen atoms in total. The van der Waals surface area contributed by atoms with Crippen molar-refractivity contribution in [3.8, 4) is 34.1 Å². The maximum absolute atomic E-state index is 12.9. The van der Waals surface area contributed by atoms with Gasteiger partial charge in [-0.1, -0.05) is 17.7 Å². The summed E-state index contributed by atoms with van der Waals surface area (Å²) in [6.07, 6.45) is 0. The third-order valence-electron chi connectivity index (χ3n) is 5.09. The van der Waals surface area contributed by atoms with E-state index >= 15 is 0 Å². The van der Waals surface area contributed by atoms with Gasteiger partial charge in [-0.15, -0.1) is 0 Å². The number of hydrogen-bond donors (Lipinski definition) is 3. The third kappa shape index (κ3) is 4.25. The van der Waals surface area contributed by atoms with Gasteiger partial charge in [0, 0.05) is 17.7 Å². The fourth-order valence-electron chi connectivity index (χ4n) is 3.34. The molecule has 0 aliphatic heterocycles. The van der Waals surface area contributed by atoms with Crippen molar-refractivity contribution in [2.45, 2.75) is 25.7 Å². The fourth-order valence-corrected chi connectivity index (χ4v) is 4.46. The van der Waals surface area contributed by atoms with Gasteiger partial charge in [-0.2, -0.15) is 0 Å². The van der Waals surface area contributed by atoms with Crippen LogP contribution in [0.25, 0.3) is 11.1 Å². The van der Waals surface area contributed by atoms with Gasteiger partial charge in [-0.25, -0.2) is 8.42 Å². The lowest BCUT2D eigenvalue weighted by atomic mass is 9.94. The summed E-state index contributed by atoms with van der Waals surface area (Å²) in [5.41, 5.74) is 2.58. The molecule has 0 spiro atoms. The van der Waals surface area contributed by atoms with E-state index < -0.39 is 10.0 Å². The van der Waals surface area contributed by atoms with E-state index in [1.807, 2.05) is 6.92 Å². The zero-order chi connectivity index (χ0) is 22.9. The molecule has 0 bridgehead atoms. The molecule has 3 aromatic rings. The minimum atomic E-state index is -3.86. The Morgan fingerprint density at radius 2 is 1.52 bits per heavy atom. The zero-order valence-electron chi connectivity index (χ0n) is 18.0. The summed E-state index contributed by atoms with van der Waals surface area (Å²) in [5.74, 6) is 0.387. The average molecular weight is 444 g/mol. The molecular formula is C23H25NO6S. The first-order chi connectivity index (χ1) is 14.6. The lowest BCUT2D eigenvalue weighted by Gasteiger charge is -2.20. The fraction of sp³-hybridized carbons (Fsp3) is 0.217. The summed E-state index contributed by atoms with van der Waals surface area (Å²) in [6.45, 7) is 5.18. The van der Waals surface area contributed by atoms with Crippen LogP contribution < -0.4 is 14.2 Å². The van der Waals surface area contributed by atoms with Gasteiger partial charge in [0.05, 0.1) is 30.4 Å². The van der Waals surface area contributed by atoms with Crippen LogP contribution in [0.15, 0.2) is 47.4 Å². The molecule has 0 aliphatic rings. The number of aryl methyl sites for hydroxylation is 2. The Bertz CT molecular complexity index is 1230. The van der Waals surface area contributed by atoms with Crippen LogP contribution >= 0.6 is 0 Å². The number of sulfonamides is 1. The Kier molecular flexibility index (Phi) is 6.03. The van der Waals surface area contributed by atoms with Crippen LogP contribution in [0.3, 0.4) is 0 Å². The highest BCUT2D eigenvalue weighted by Crippen LogP contribution is 2.48. The van der Waals surface area contributed by atoms with Crippen molar-refractivity contribution >= 4 is 15.7 Å². The van der Waals surface area contributed by atoms with Crippen LogP contribution in [0.1, 0.15) is 16.7 Å².